The third-order valence-electron chi connectivity index (χ3n) is 2.00. The summed E-state index contributed by atoms with van der Waals surface area (Å²) in [6.45, 7) is 2.17. The first-order valence-electron chi connectivity index (χ1n) is 4.62. The second kappa shape index (κ2) is 4.94. The van der Waals surface area contributed by atoms with Crippen LogP contribution in [0.3, 0.4) is 0 Å². The van der Waals surface area contributed by atoms with Crippen LogP contribution in [0.15, 0.2) is 30.3 Å². The van der Waals surface area contributed by atoms with Gasteiger partial charge >= 0.3 is 0 Å². The van der Waals surface area contributed by atoms with Crippen LogP contribution < -0.4 is 5.73 Å². The van der Waals surface area contributed by atoms with Crippen LogP contribution in [0, 0.1) is 0 Å². The minimum absolute atomic E-state index is 0.331. The van der Waals surface area contributed by atoms with Crippen molar-refractivity contribution in [1.29, 1.82) is 0 Å². The second-order valence-electron chi connectivity index (χ2n) is 3.24. The van der Waals surface area contributed by atoms with Gasteiger partial charge in [-0.1, -0.05) is 43.7 Å². The Balaban J connectivity index is 2.41. The summed E-state index contributed by atoms with van der Waals surface area (Å²) in [5.41, 5.74) is 7.26. The highest BCUT2D eigenvalue weighted by Crippen LogP contribution is 2.04. The molecule has 0 spiro atoms. The molecule has 0 heterocycles. The van der Waals surface area contributed by atoms with E-state index < -0.39 is 0 Å². The monoisotopic (exact) mass is 163 g/mol. The zero-order valence-corrected chi connectivity index (χ0v) is 7.66. The van der Waals surface area contributed by atoms with Crippen LogP contribution in [-0.4, -0.2) is 6.04 Å². The molecule has 0 fully saturated rings. The van der Waals surface area contributed by atoms with E-state index in [1.54, 1.807) is 0 Å². The van der Waals surface area contributed by atoms with Crippen LogP contribution in [0.5, 0.6) is 0 Å². The van der Waals surface area contributed by atoms with Crippen LogP contribution in [0.25, 0.3) is 0 Å². The fourth-order valence-corrected chi connectivity index (χ4v) is 1.39. The van der Waals surface area contributed by atoms with Gasteiger partial charge in [-0.05, 0) is 18.4 Å². The van der Waals surface area contributed by atoms with Gasteiger partial charge in [0, 0.05) is 6.04 Å². The average molecular weight is 163 g/mol. The summed E-state index contributed by atoms with van der Waals surface area (Å²) < 4.78 is 0. The summed E-state index contributed by atoms with van der Waals surface area (Å²) in [5.74, 6) is 0. The van der Waals surface area contributed by atoms with E-state index in [1.165, 1.54) is 12.0 Å². The van der Waals surface area contributed by atoms with Crippen molar-refractivity contribution in [3.8, 4) is 0 Å². The van der Waals surface area contributed by atoms with E-state index in [0.717, 1.165) is 12.8 Å². The van der Waals surface area contributed by atoms with Gasteiger partial charge in [0.05, 0.1) is 0 Å². The molecule has 1 nitrogen and oxygen atoms in total. The van der Waals surface area contributed by atoms with Crippen LogP contribution in [0.4, 0.5) is 0 Å². The van der Waals surface area contributed by atoms with E-state index >= 15 is 0 Å². The molecule has 0 aromatic heterocycles. The van der Waals surface area contributed by atoms with Crippen molar-refractivity contribution >= 4 is 0 Å². The topological polar surface area (TPSA) is 26.0 Å². The lowest BCUT2D eigenvalue weighted by Crippen LogP contribution is -2.22. The summed E-state index contributed by atoms with van der Waals surface area (Å²) in [6.07, 6.45) is 3.30. The molecule has 1 aromatic carbocycles. The highest BCUT2D eigenvalue weighted by atomic mass is 14.6. The van der Waals surface area contributed by atoms with Gasteiger partial charge in [-0.2, -0.15) is 0 Å². The van der Waals surface area contributed by atoms with Crippen molar-refractivity contribution in [2.75, 3.05) is 0 Å². The Bertz CT molecular complexity index is 206. The lowest BCUT2D eigenvalue weighted by Gasteiger charge is -2.09. The summed E-state index contributed by atoms with van der Waals surface area (Å²) in [6, 6.07) is 10.8. The molecule has 1 atom stereocenters. The summed E-state index contributed by atoms with van der Waals surface area (Å²) in [4.78, 5) is 0. The van der Waals surface area contributed by atoms with Gasteiger partial charge in [-0.15, -0.1) is 0 Å². The number of benzene rings is 1. The quantitative estimate of drug-likeness (QED) is 0.724. The molecule has 1 heteroatoms. The predicted molar refractivity (Wildman–Crippen MR) is 53.0 cm³/mol. The molecular formula is C11H17N. The molecule has 0 aliphatic rings. The summed E-state index contributed by atoms with van der Waals surface area (Å²) >= 11 is 0. The molecule has 2 N–H and O–H groups in total. The fraction of sp³-hybridized carbons (Fsp3) is 0.455. The van der Waals surface area contributed by atoms with E-state index in [2.05, 4.69) is 31.2 Å². The van der Waals surface area contributed by atoms with Crippen LogP contribution >= 0.6 is 0 Å². The van der Waals surface area contributed by atoms with E-state index in [9.17, 15) is 0 Å². The molecule has 12 heavy (non-hydrogen) atoms. The van der Waals surface area contributed by atoms with Crippen molar-refractivity contribution < 1.29 is 0 Å². The fourth-order valence-electron chi connectivity index (χ4n) is 1.39. The molecule has 0 aliphatic carbocycles. The summed E-state index contributed by atoms with van der Waals surface area (Å²) in [7, 11) is 0. The zero-order chi connectivity index (χ0) is 8.81. The zero-order valence-electron chi connectivity index (χ0n) is 7.66. The largest absolute Gasteiger partial charge is 0.327 e. The molecule has 1 rings (SSSR count). The van der Waals surface area contributed by atoms with Crippen molar-refractivity contribution in [3.05, 3.63) is 35.9 Å². The molecule has 0 unspecified atom stereocenters. The average Bonchev–Trinajstić information content (AvgIpc) is 2.06. The third kappa shape index (κ3) is 3.05. The van der Waals surface area contributed by atoms with Gasteiger partial charge in [0.2, 0.25) is 0 Å². The molecule has 0 amide bonds. The maximum atomic E-state index is 5.92. The lowest BCUT2D eigenvalue weighted by molar-refractivity contribution is 0.600. The Morgan fingerprint density at radius 3 is 2.50 bits per heavy atom. The first-order valence-corrected chi connectivity index (χ1v) is 4.62. The van der Waals surface area contributed by atoms with Crippen molar-refractivity contribution in [3.63, 3.8) is 0 Å². The second-order valence-corrected chi connectivity index (χ2v) is 3.24. The molecular weight excluding hydrogens is 146 g/mol. The number of nitrogens with two attached hydrogens (primary N) is 1. The van der Waals surface area contributed by atoms with Crippen molar-refractivity contribution in [1.82, 2.24) is 0 Å². The molecule has 0 radical (unpaired) electrons. The smallest absolute Gasteiger partial charge is 0.00792 e. The molecule has 66 valence electrons. The van der Waals surface area contributed by atoms with E-state index in [-0.39, 0.29) is 0 Å². The first-order chi connectivity index (χ1) is 5.83. The van der Waals surface area contributed by atoms with E-state index in [4.69, 9.17) is 5.73 Å². The molecule has 0 bridgehead atoms. The molecule has 0 aliphatic heterocycles. The van der Waals surface area contributed by atoms with Crippen LogP contribution in [0.1, 0.15) is 25.3 Å². The lowest BCUT2D eigenvalue weighted by atomic mass is 10.0. The van der Waals surface area contributed by atoms with Crippen LogP contribution in [-0.2, 0) is 6.42 Å². The molecule has 0 saturated heterocycles. The van der Waals surface area contributed by atoms with Gasteiger partial charge in [0.1, 0.15) is 0 Å². The Kier molecular flexibility index (Phi) is 3.81. The Morgan fingerprint density at radius 2 is 1.92 bits per heavy atom. The van der Waals surface area contributed by atoms with Crippen molar-refractivity contribution in [2.45, 2.75) is 32.2 Å². The number of hydrogen-bond donors (Lipinski definition) is 1. The number of hydrogen-bond acceptors (Lipinski definition) is 1. The van der Waals surface area contributed by atoms with Gasteiger partial charge < -0.3 is 5.73 Å². The molecule has 1 aromatic rings. The van der Waals surface area contributed by atoms with E-state index in [1.807, 2.05) is 6.07 Å². The van der Waals surface area contributed by atoms with Gasteiger partial charge in [0.25, 0.3) is 0 Å². The molecule has 0 saturated carbocycles. The predicted octanol–water partition coefficient (Wildman–Crippen LogP) is 2.36. The Labute approximate surface area is 74.6 Å². The third-order valence-corrected chi connectivity index (χ3v) is 2.00. The maximum Gasteiger partial charge on any atom is 0.00792 e. The normalized spacial score (nSPS) is 12.8. The highest BCUT2D eigenvalue weighted by Gasteiger charge is 2.00. The Morgan fingerprint density at radius 1 is 1.25 bits per heavy atom. The Hall–Kier alpha value is -0.820. The maximum absolute atomic E-state index is 5.92. The van der Waals surface area contributed by atoms with Gasteiger partial charge in [0.15, 0.2) is 0 Å². The van der Waals surface area contributed by atoms with Gasteiger partial charge in [-0.3, -0.25) is 0 Å². The highest BCUT2D eigenvalue weighted by molar-refractivity contribution is 5.15. The van der Waals surface area contributed by atoms with Gasteiger partial charge in [-0.25, -0.2) is 0 Å². The van der Waals surface area contributed by atoms with Crippen LogP contribution in [0.2, 0.25) is 0 Å². The van der Waals surface area contributed by atoms with E-state index in [0.29, 0.717) is 6.04 Å². The number of rotatable bonds is 4. The standard InChI is InChI=1S/C11H17N/c1-2-6-11(12)9-10-7-4-3-5-8-10/h3-5,7-8,11H,2,6,9,12H2,1H3/t11-/m0/s1. The SMILES string of the molecule is CCC[C@H](N)Cc1ccccc1. The van der Waals surface area contributed by atoms with Crippen molar-refractivity contribution in [2.24, 2.45) is 5.73 Å². The minimum atomic E-state index is 0.331. The first kappa shape index (κ1) is 9.27. The minimum Gasteiger partial charge on any atom is -0.327 e. The summed E-state index contributed by atoms with van der Waals surface area (Å²) in [5, 5.41) is 0.